The van der Waals surface area contributed by atoms with Crippen LogP contribution in [0.25, 0.3) is 22.4 Å². The Morgan fingerprint density at radius 2 is 1.53 bits per heavy atom. The van der Waals surface area contributed by atoms with Gasteiger partial charge in [0, 0.05) is 29.7 Å². The lowest BCUT2D eigenvalue weighted by atomic mass is 10.0. The smallest absolute Gasteiger partial charge is 0.265 e. The van der Waals surface area contributed by atoms with Crippen molar-refractivity contribution in [3.63, 3.8) is 0 Å². The summed E-state index contributed by atoms with van der Waals surface area (Å²) in [5.41, 5.74) is 1.52. The number of halogens is 3. The van der Waals surface area contributed by atoms with Gasteiger partial charge in [-0.05, 0) is 48.9 Å². The minimum atomic E-state index is -4.50. The quantitative estimate of drug-likeness (QED) is 0.444. The number of amides is 1. The third-order valence-electron chi connectivity index (χ3n) is 4.95. The summed E-state index contributed by atoms with van der Waals surface area (Å²) < 4.78 is 66.8. The highest BCUT2D eigenvalue weighted by atomic mass is 32.2. The van der Waals surface area contributed by atoms with Crippen LogP contribution in [0.1, 0.15) is 11.1 Å². The highest BCUT2D eigenvalue weighted by Crippen LogP contribution is 2.34. The summed E-state index contributed by atoms with van der Waals surface area (Å²) in [7, 11) is -4.17. The van der Waals surface area contributed by atoms with E-state index < -0.39 is 27.8 Å². The normalized spacial score (nSPS) is 11.9. The molecule has 4 rings (SSSR count). The number of hydrogen-bond acceptors (Lipinski definition) is 5. The molecule has 7 nitrogen and oxygen atoms in total. The van der Waals surface area contributed by atoms with E-state index >= 15 is 0 Å². The average molecular weight is 486 g/mol. The third-order valence-corrected chi connectivity index (χ3v) is 6.29. The van der Waals surface area contributed by atoms with E-state index in [9.17, 15) is 26.4 Å². The number of sulfonamides is 1. The van der Waals surface area contributed by atoms with Crippen LogP contribution in [0.5, 0.6) is 0 Å². The number of nitrogens with zero attached hydrogens (tertiary/aromatic N) is 3. The van der Waals surface area contributed by atoms with Crippen LogP contribution >= 0.6 is 0 Å². The van der Waals surface area contributed by atoms with Crippen molar-refractivity contribution in [2.24, 2.45) is 0 Å². The number of carbonyl (C=O) groups excluding carboxylic acids is 1. The Kier molecular flexibility index (Phi) is 5.96. The molecule has 1 N–H and O–H groups in total. The van der Waals surface area contributed by atoms with Gasteiger partial charge in [-0.3, -0.25) is 4.98 Å². The Bertz CT molecular complexity index is 1430. The first-order valence-corrected chi connectivity index (χ1v) is 11.3. The molecule has 0 atom stereocenters. The number of alkyl halides is 3. The zero-order chi connectivity index (χ0) is 24.5. The van der Waals surface area contributed by atoms with Crippen LogP contribution in [0.4, 0.5) is 18.0 Å². The molecule has 0 aliphatic rings. The zero-order valence-electron chi connectivity index (χ0n) is 17.6. The predicted molar refractivity (Wildman–Crippen MR) is 118 cm³/mol. The van der Waals surface area contributed by atoms with Gasteiger partial charge >= 0.3 is 12.2 Å². The molecule has 0 bridgehead atoms. The third kappa shape index (κ3) is 4.84. The molecule has 174 valence electrons. The van der Waals surface area contributed by atoms with Gasteiger partial charge in [-0.1, -0.05) is 29.8 Å². The average Bonchev–Trinajstić information content (AvgIpc) is 3.25. The van der Waals surface area contributed by atoms with E-state index in [0.29, 0.717) is 16.7 Å². The van der Waals surface area contributed by atoms with Crippen molar-refractivity contribution < 1.29 is 26.4 Å². The van der Waals surface area contributed by atoms with Crippen LogP contribution in [-0.4, -0.2) is 29.2 Å². The number of pyridine rings is 1. The molecule has 2 heterocycles. The molecular weight excluding hydrogens is 469 g/mol. The van der Waals surface area contributed by atoms with E-state index in [2.05, 4.69) is 10.1 Å². The fourth-order valence-electron chi connectivity index (χ4n) is 3.19. The lowest BCUT2D eigenvalue weighted by Crippen LogP contribution is -2.34. The van der Waals surface area contributed by atoms with E-state index in [1.807, 2.05) is 4.72 Å². The highest BCUT2D eigenvalue weighted by molar-refractivity contribution is 7.90. The van der Waals surface area contributed by atoms with Gasteiger partial charge < -0.3 is 0 Å². The van der Waals surface area contributed by atoms with Crippen LogP contribution < -0.4 is 4.72 Å². The first-order chi connectivity index (χ1) is 16.0. The Labute approximate surface area is 192 Å². The second-order valence-electron chi connectivity index (χ2n) is 7.37. The van der Waals surface area contributed by atoms with Crippen LogP contribution in [0, 0.1) is 6.92 Å². The van der Waals surface area contributed by atoms with Crippen LogP contribution in [0.3, 0.4) is 0 Å². The molecule has 0 unspecified atom stereocenters. The molecule has 34 heavy (non-hydrogen) atoms. The summed E-state index contributed by atoms with van der Waals surface area (Å²) in [6.07, 6.45) is -0.186. The number of nitrogens with one attached hydrogen (secondary N) is 1. The number of hydrogen-bond donors (Lipinski definition) is 1. The molecule has 0 radical (unpaired) electrons. The maximum absolute atomic E-state index is 13.0. The van der Waals surface area contributed by atoms with Crippen molar-refractivity contribution in [3.8, 4) is 22.4 Å². The monoisotopic (exact) mass is 486 g/mol. The van der Waals surface area contributed by atoms with Crippen LogP contribution in [0.2, 0.25) is 0 Å². The van der Waals surface area contributed by atoms with E-state index in [1.165, 1.54) is 42.9 Å². The Balaban J connectivity index is 1.72. The summed E-state index contributed by atoms with van der Waals surface area (Å²) >= 11 is 0. The number of benzene rings is 2. The summed E-state index contributed by atoms with van der Waals surface area (Å²) in [6.45, 7) is 1.79. The van der Waals surface area contributed by atoms with Gasteiger partial charge in [-0.25, -0.2) is 17.9 Å². The maximum Gasteiger partial charge on any atom is 0.416 e. The number of aryl methyl sites for hydroxylation is 1. The Morgan fingerprint density at radius 1 is 0.912 bits per heavy atom. The van der Waals surface area contributed by atoms with E-state index in [1.54, 1.807) is 31.2 Å². The molecule has 2 aromatic heterocycles. The fraction of sp³-hybridized carbons (Fsp3) is 0.0870. The molecule has 0 spiro atoms. The topological polar surface area (TPSA) is 94.0 Å². The van der Waals surface area contributed by atoms with Crippen molar-refractivity contribution in [2.75, 3.05) is 0 Å². The van der Waals surface area contributed by atoms with Gasteiger partial charge in [0.2, 0.25) is 0 Å². The summed E-state index contributed by atoms with van der Waals surface area (Å²) in [5, 5.41) is 4.18. The minimum Gasteiger partial charge on any atom is -0.265 e. The summed E-state index contributed by atoms with van der Waals surface area (Å²) in [4.78, 5) is 16.6. The van der Waals surface area contributed by atoms with Gasteiger partial charge in [0.15, 0.2) is 0 Å². The fourth-order valence-corrected chi connectivity index (χ4v) is 4.12. The minimum absolute atomic E-state index is 0.101. The molecule has 0 fully saturated rings. The molecule has 2 aromatic carbocycles. The number of rotatable bonds is 4. The Morgan fingerprint density at radius 3 is 2.12 bits per heavy atom. The number of carbonyl (C=O) groups is 1. The van der Waals surface area contributed by atoms with Crippen LogP contribution in [-0.2, 0) is 16.2 Å². The molecule has 0 saturated heterocycles. The first kappa shape index (κ1) is 23.2. The lowest BCUT2D eigenvalue weighted by molar-refractivity contribution is -0.137. The van der Waals surface area contributed by atoms with E-state index in [4.69, 9.17) is 0 Å². The maximum atomic E-state index is 13.0. The molecular formula is C23H17F3N4O3S. The van der Waals surface area contributed by atoms with Gasteiger partial charge in [0.05, 0.1) is 10.5 Å². The van der Waals surface area contributed by atoms with E-state index in [-0.39, 0.29) is 10.6 Å². The van der Waals surface area contributed by atoms with Crippen molar-refractivity contribution in [1.82, 2.24) is 19.5 Å². The van der Waals surface area contributed by atoms with Crippen molar-refractivity contribution >= 4 is 16.1 Å². The molecule has 0 aliphatic carbocycles. The zero-order valence-corrected chi connectivity index (χ0v) is 18.4. The van der Waals surface area contributed by atoms with Gasteiger partial charge in [0.25, 0.3) is 10.0 Å². The second kappa shape index (κ2) is 8.75. The van der Waals surface area contributed by atoms with Gasteiger partial charge in [-0.15, -0.1) is 0 Å². The molecule has 0 aliphatic heterocycles. The highest BCUT2D eigenvalue weighted by Gasteiger charge is 2.30. The number of aromatic nitrogens is 3. The van der Waals surface area contributed by atoms with Crippen molar-refractivity contribution in [3.05, 3.63) is 90.4 Å². The van der Waals surface area contributed by atoms with E-state index in [0.717, 1.165) is 22.4 Å². The van der Waals surface area contributed by atoms with Crippen molar-refractivity contribution in [2.45, 2.75) is 18.0 Å². The standard InChI is InChI=1S/C23H17F3N4O3S/c1-15-2-8-19(9-3-15)34(32,33)29-22(31)30-14-20(16-10-12-27-13-11-16)21(28-30)17-4-6-18(7-5-17)23(24,25)26/h2-14H,1H3,(H,29,31). The van der Waals surface area contributed by atoms with Crippen molar-refractivity contribution in [1.29, 1.82) is 0 Å². The first-order valence-electron chi connectivity index (χ1n) is 9.86. The molecule has 11 heteroatoms. The summed E-state index contributed by atoms with van der Waals surface area (Å²) in [5.74, 6) is 0. The predicted octanol–water partition coefficient (Wildman–Crippen LogP) is 4.89. The lowest BCUT2D eigenvalue weighted by Gasteiger charge is -2.08. The molecule has 0 saturated carbocycles. The Hall–Kier alpha value is -3.99. The molecule has 1 amide bonds. The van der Waals surface area contributed by atoms with Gasteiger partial charge in [0.1, 0.15) is 5.69 Å². The summed E-state index contributed by atoms with van der Waals surface area (Å²) in [6, 6.07) is 12.4. The second-order valence-corrected chi connectivity index (χ2v) is 9.05. The van der Waals surface area contributed by atoms with Gasteiger partial charge in [-0.2, -0.15) is 23.0 Å². The SMILES string of the molecule is Cc1ccc(S(=O)(=O)NC(=O)n2cc(-c3ccncc3)c(-c3ccc(C(F)(F)F)cc3)n2)cc1. The largest absolute Gasteiger partial charge is 0.416 e. The molecule has 4 aromatic rings. The van der Waals surface area contributed by atoms with Crippen LogP contribution in [0.15, 0.2) is 84.1 Å².